The SMILES string of the molecule is Cc1nn(C)cc1C1CC1C. The first kappa shape index (κ1) is 6.89. The van der Waals surface area contributed by atoms with Crippen molar-refractivity contribution in [2.24, 2.45) is 13.0 Å². The molecule has 0 spiro atoms. The summed E-state index contributed by atoms with van der Waals surface area (Å²) in [5.41, 5.74) is 2.67. The van der Waals surface area contributed by atoms with E-state index in [1.54, 1.807) is 0 Å². The molecule has 2 rings (SSSR count). The summed E-state index contributed by atoms with van der Waals surface area (Å²) in [5.74, 6) is 1.70. The lowest BCUT2D eigenvalue weighted by Crippen LogP contribution is -1.86. The molecular weight excluding hydrogens is 136 g/mol. The molecule has 1 aliphatic carbocycles. The number of aryl methyl sites for hydroxylation is 2. The van der Waals surface area contributed by atoms with Crippen LogP contribution in [-0.4, -0.2) is 9.78 Å². The van der Waals surface area contributed by atoms with Gasteiger partial charge >= 0.3 is 0 Å². The quantitative estimate of drug-likeness (QED) is 0.597. The second kappa shape index (κ2) is 2.10. The summed E-state index contributed by atoms with van der Waals surface area (Å²) >= 11 is 0. The molecule has 2 atom stereocenters. The third-order valence-electron chi connectivity index (χ3n) is 2.56. The van der Waals surface area contributed by atoms with Crippen molar-refractivity contribution in [3.8, 4) is 0 Å². The smallest absolute Gasteiger partial charge is 0.0628 e. The molecule has 60 valence electrons. The van der Waals surface area contributed by atoms with Gasteiger partial charge in [-0.3, -0.25) is 4.68 Å². The molecule has 1 heterocycles. The zero-order chi connectivity index (χ0) is 8.01. The molecule has 11 heavy (non-hydrogen) atoms. The normalized spacial score (nSPS) is 29.0. The van der Waals surface area contributed by atoms with Crippen molar-refractivity contribution >= 4 is 0 Å². The highest BCUT2D eigenvalue weighted by Crippen LogP contribution is 2.47. The summed E-state index contributed by atoms with van der Waals surface area (Å²) < 4.78 is 1.91. The molecule has 1 saturated carbocycles. The van der Waals surface area contributed by atoms with Crippen LogP contribution in [0.2, 0.25) is 0 Å². The number of hydrogen-bond acceptors (Lipinski definition) is 1. The van der Waals surface area contributed by atoms with E-state index in [1.807, 2.05) is 11.7 Å². The van der Waals surface area contributed by atoms with Crippen LogP contribution in [0.5, 0.6) is 0 Å². The largest absolute Gasteiger partial charge is 0.275 e. The Bertz CT molecular complexity index is 275. The number of aromatic nitrogens is 2. The summed E-state index contributed by atoms with van der Waals surface area (Å²) in [5, 5.41) is 4.32. The van der Waals surface area contributed by atoms with E-state index in [0.29, 0.717) is 0 Å². The van der Waals surface area contributed by atoms with Gasteiger partial charge in [-0.25, -0.2) is 0 Å². The fourth-order valence-corrected chi connectivity index (χ4v) is 1.74. The molecule has 0 bridgehead atoms. The number of nitrogens with zero attached hydrogens (tertiary/aromatic N) is 2. The van der Waals surface area contributed by atoms with Crippen molar-refractivity contribution in [2.45, 2.75) is 26.2 Å². The standard InChI is InChI=1S/C9H14N2/c1-6-4-8(6)9-5-11(3)10-7(9)2/h5-6,8H,4H2,1-3H3. The molecular formula is C9H14N2. The average molecular weight is 150 g/mol. The van der Waals surface area contributed by atoms with E-state index in [0.717, 1.165) is 11.8 Å². The van der Waals surface area contributed by atoms with Gasteiger partial charge in [0.15, 0.2) is 0 Å². The van der Waals surface area contributed by atoms with Gasteiger partial charge in [-0.2, -0.15) is 5.10 Å². The molecule has 0 amide bonds. The van der Waals surface area contributed by atoms with Gasteiger partial charge in [0.25, 0.3) is 0 Å². The van der Waals surface area contributed by atoms with E-state index in [9.17, 15) is 0 Å². The first-order valence-corrected chi connectivity index (χ1v) is 4.18. The third-order valence-corrected chi connectivity index (χ3v) is 2.56. The fourth-order valence-electron chi connectivity index (χ4n) is 1.74. The van der Waals surface area contributed by atoms with Crippen molar-refractivity contribution in [1.29, 1.82) is 0 Å². The highest BCUT2D eigenvalue weighted by atomic mass is 15.2. The Balaban J connectivity index is 2.30. The Kier molecular flexibility index (Phi) is 1.31. The summed E-state index contributed by atoms with van der Waals surface area (Å²) in [4.78, 5) is 0. The van der Waals surface area contributed by atoms with Gasteiger partial charge in [0.05, 0.1) is 5.69 Å². The topological polar surface area (TPSA) is 17.8 Å². The fraction of sp³-hybridized carbons (Fsp3) is 0.667. The molecule has 0 saturated heterocycles. The van der Waals surface area contributed by atoms with E-state index in [1.165, 1.54) is 17.7 Å². The zero-order valence-electron chi connectivity index (χ0n) is 7.33. The molecule has 0 radical (unpaired) electrons. The molecule has 0 aliphatic heterocycles. The molecule has 1 aromatic heterocycles. The molecule has 1 aliphatic rings. The molecule has 2 nitrogen and oxygen atoms in total. The average Bonchev–Trinajstić information content (AvgIpc) is 2.52. The summed E-state index contributed by atoms with van der Waals surface area (Å²) in [6.45, 7) is 4.40. The van der Waals surface area contributed by atoms with E-state index in [-0.39, 0.29) is 0 Å². The predicted octanol–water partition coefficient (Wildman–Crippen LogP) is 1.85. The second-order valence-electron chi connectivity index (χ2n) is 3.66. The molecule has 0 N–H and O–H groups in total. The second-order valence-corrected chi connectivity index (χ2v) is 3.66. The van der Waals surface area contributed by atoms with Gasteiger partial charge in [-0.15, -0.1) is 0 Å². The molecule has 2 unspecified atom stereocenters. The van der Waals surface area contributed by atoms with Gasteiger partial charge in [0.1, 0.15) is 0 Å². The number of rotatable bonds is 1. The zero-order valence-corrected chi connectivity index (χ0v) is 7.33. The predicted molar refractivity (Wildman–Crippen MR) is 44.5 cm³/mol. The maximum absolute atomic E-state index is 4.32. The van der Waals surface area contributed by atoms with Crippen LogP contribution in [0.15, 0.2) is 6.20 Å². The van der Waals surface area contributed by atoms with Crippen molar-refractivity contribution in [2.75, 3.05) is 0 Å². The highest BCUT2D eigenvalue weighted by molar-refractivity contribution is 5.26. The van der Waals surface area contributed by atoms with E-state index < -0.39 is 0 Å². The summed E-state index contributed by atoms with van der Waals surface area (Å²) in [7, 11) is 1.99. The molecule has 2 heteroatoms. The Labute approximate surface area is 67.2 Å². The van der Waals surface area contributed by atoms with Crippen LogP contribution in [0.25, 0.3) is 0 Å². The van der Waals surface area contributed by atoms with Crippen LogP contribution in [-0.2, 0) is 7.05 Å². The van der Waals surface area contributed by atoms with Crippen molar-refractivity contribution in [1.82, 2.24) is 9.78 Å². The van der Waals surface area contributed by atoms with Gasteiger partial charge < -0.3 is 0 Å². The Morgan fingerprint density at radius 1 is 1.64 bits per heavy atom. The lowest BCUT2D eigenvalue weighted by molar-refractivity contribution is 0.756. The maximum Gasteiger partial charge on any atom is 0.0628 e. The van der Waals surface area contributed by atoms with Crippen molar-refractivity contribution in [3.63, 3.8) is 0 Å². The highest BCUT2D eigenvalue weighted by Gasteiger charge is 2.35. The van der Waals surface area contributed by atoms with E-state index in [4.69, 9.17) is 0 Å². The van der Waals surface area contributed by atoms with Crippen LogP contribution in [0.4, 0.5) is 0 Å². The minimum absolute atomic E-state index is 0.809. The Morgan fingerprint density at radius 2 is 2.27 bits per heavy atom. The van der Waals surface area contributed by atoms with Crippen LogP contribution in [0.1, 0.15) is 30.5 Å². The molecule has 0 aromatic carbocycles. The number of hydrogen-bond donors (Lipinski definition) is 0. The van der Waals surface area contributed by atoms with Gasteiger partial charge in [0.2, 0.25) is 0 Å². The van der Waals surface area contributed by atoms with Crippen molar-refractivity contribution in [3.05, 3.63) is 17.5 Å². The van der Waals surface area contributed by atoms with Crippen LogP contribution in [0.3, 0.4) is 0 Å². The maximum atomic E-state index is 4.32. The minimum Gasteiger partial charge on any atom is -0.275 e. The molecule has 1 aromatic rings. The van der Waals surface area contributed by atoms with E-state index in [2.05, 4.69) is 25.1 Å². The first-order valence-electron chi connectivity index (χ1n) is 4.18. The monoisotopic (exact) mass is 150 g/mol. The van der Waals surface area contributed by atoms with Crippen LogP contribution >= 0.6 is 0 Å². The van der Waals surface area contributed by atoms with Gasteiger partial charge in [0, 0.05) is 13.2 Å². The van der Waals surface area contributed by atoms with Gasteiger partial charge in [-0.05, 0) is 30.7 Å². The van der Waals surface area contributed by atoms with Crippen LogP contribution in [0, 0.1) is 12.8 Å². The van der Waals surface area contributed by atoms with Crippen molar-refractivity contribution < 1.29 is 0 Å². The lowest BCUT2D eigenvalue weighted by atomic mass is 10.1. The first-order chi connectivity index (χ1) is 5.18. The Morgan fingerprint density at radius 3 is 2.64 bits per heavy atom. The summed E-state index contributed by atoms with van der Waals surface area (Å²) in [6, 6.07) is 0. The van der Waals surface area contributed by atoms with Crippen LogP contribution < -0.4 is 0 Å². The Hall–Kier alpha value is -0.790. The summed E-state index contributed by atoms with van der Waals surface area (Å²) in [6.07, 6.45) is 3.51. The molecule has 1 fully saturated rings. The lowest BCUT2D eigenvalue weighted by Gasteiger charge is -1.91. The van der Waals surface area contributed by atoms with E-state index >= 15 is 0 Å². The third kappa shape index (κ3) is 1.06. The van der Waals surface area contributed by atoms with Gasteiger partial charge in [-0.1, -0.05) is 6.92 Å². The minimum atomic E-state index is 0.809.